The molecule has 24 heavy (non-hydrogen) atoms. The number of aromatic nitrogens is 2. The SMILES string of the molecule is C[C@@H]1C[C@H](C)C[NH+](C/C(O)=C(\C#N)c2nc3ccccc3n2C)C1. The minimum atomic E-state index is 0.146. The molecular formula is C19H25N4O+. The van der Waals surface area contributed by atoms with E-state index < -0.39 is 0 Å². The van der Waals surface area contributed by atoms with Gasteiger partial charge in [-0.2, -0.15) is 5.26 Å². The fourth-order valence-corrected chi connectivity index (χ4v) is 4.00. The number of aliphatic hydroxyl groups is 1. The zero-order valence-electron chi connectivity index (χ0n) is 14.6. The summed E-state index contributed by atoms with van der Waals surface area (Å²) in [7, 11) is 1.88. The second kappa shape index (κ2) is 6.66. The van der Waals surface area contributed by atoms with Crippen LogP contribution in [0.5, 0.6) is 0 Å². The largest absolute Gasteiger partial charge is 0.506 e. The monoisotopic (exact) mass is 325 g/mol. The standard InChI is InChI=1S/C19H24N4O/c1-13-8-14(2)11-23(10-13)12-18(24)15(9-20)19-21-16-6-4-5-7-17(16)22(19)3/h4-7,13-14,24H,8,10-12H2,1-3H3/p+1/b18-15-/t13-,14+. The maximum absolute atomic E-state index is 10.6. The number of imidazole rings is 1. The molecule has 5 heteroatoms. The number of allylic oxidation sites excluding steroid dienone is 1. The summed E-state index contributed by atoms with van der Waals surface area (Å²) in [4.78, 5) is 5.88. The van der Waals surface area contributed by atoms with Crippen molar-refractivity contribution in [2.75, 3.05) is 19.6 Å². The van der Waals surface area contributed by atoms with Gasteiger partial charge >= 0.3 is 0 Å². The number of piperidine rings is 1. The molecule has 1 aliphatic heterocycles. The molecule has 1 fully saturated rings. The Morgan fingerprint density at radius 3 is 2.62 bits per heavy atom. The van der Waals surface area contributed by atoms with E-state index in [1.165, 1.54) is 11.3 Å². The van der Waals surface area contributed by atoms with Gasteiger partial charge in [0, 0.05) is 18.9 Å². The molecular weight excluding hydrogens is 300 g/mol. The zero-order valence-corrected chi connectivity index (χ0v) is 14.6. The second-order valence-electron chi connectivity index (χ2n) is 7.20. The summed E-state index contributed by atoms with van der Waals surface area (Å²) < 4.78 is 1.88. The van der Waals surface area contributed by atoms with E-state index in [1.54, 1.807) is 0 Å². The first-order valence-corrected chi connectivity index (χ1v) is 8.57. The van der Waals surface area contributed by atoms with E-state index in [0.29, 0.717) is 24.2 Å². The Kier molecular flexibility index (Phi) is 4.59. The Hall–Kier alpha value is -2.32. The van der Waals surface area contributed by atoms with Gasteiger partial charge < -0.3 is 14.6 Å². The molecule has 1 aromatic carbocycles. The summed E-state index contributed by atoms with van der Waals surface area (Å²) in [6.45, 7) is 7.08. The highest BCUT2D eigenvalue weighted by atomic mass is 16.3. The van der Waals surface area contributed by atoms with E-state index in [1.807, 2.05) is 35.9 Å². The van der Waals surface area contributed by atoms with Crippen molar-refractivity contribution >= 4 is 16.6 Å². The number of aliphatic hydroxyl groups excluding tert-OH is 1. The van der Waals surface area contributed by atoms with Crippen LogP contribution >= 0.6 is 0 Å². The molecule has 126 valence electrons. The summed E-state index contributed by atoms with van der Waals surface area (Å²) in [6, 6.07) is 9.93. The Balaban J connectivity index is 1.92. The number of benzene rings is 1. The lowest BCUT2D eigenvalue weighted by Gasteiger charge is -2.31. The average molecular weight is 325 g/mol. The number of nitrogens with zero attached hydrogens (tertiary/aromatic N) is 3. The predicted molar refractivity (Wildman–Crippen MR) is 94.4 cm³/mol. The Morgan fingerprint density at radius 1 is 1.33 bits per heavy atom. The molecule has 1 aliphatic rings. The van der Waals surface area contributed by atoms with Crippen molar-refractivity contribution in [3.63, 3.8) is 0 Å². The summed E-state index contributed by atoms with van der Waals surface area (Å²) in [6.07, 6.45) is 1.24. The highest BCUT2D eigenvalue weighted by Crippen LogP contribution is 2.21. The first kappa shape index (κ1) is 16.5. The van der Waals surface area contributed by atoms with Crippen LogP contribution < -0.4 is 4.90 Å². The van der Waals surface area contributed by atoms with Crippen LogP contribution in [0.3, 0.4) is 0 Å². The van der Waals surface area contributed by atoms with Gasteiger partial charge in [-0.3, -0.25) is 0 Å². The third-order valence-electron chi connectivity index (χ3n) is 4.91. The minimum absolute atomic E-state index is 0.146. The number of para-hydroxylation sites is 2. The first-order chi connectivity index (χ1) is 11.5. The van der Waals surface area contributed by atoms with E-state index in [4.69, 9.17) is 0 Å². The Bertz CT molecular complexity index is 804. The van der Waals surface area contributed by atoms with Gasteiger partial charge in [0.25, 0.3) is 0 Å². The van der Waals surface area contributed by atoms with Gasteiger partial charge in [0.15, 0.2) is 11.6 Å². The molecule has 1 saturated heterocycles. The summed E-state index contributed by atoms with van der Waals surface area (Å²) >= 11 is 0. The highest BCUT2D eigenvalue weighted by Gasteiger charge is 2.27. The molecule has 5 nitrogen and oxygen atoms in total. The molecule has 0 aliphatic carbocycles. The third kappa shape index (κ3) is 3.15. The summed E-state index contributed by atoms with van der Waals surface area (Å²) in [5.41, 5.74) is 2.08. The quantitative estimate of drug-likeness (QED) is 0.669. The van der Waals surface area contributed by atoms with Crippen molar-refractivity contribution < 1.29 is 10.0 Å². The van der Waals surface area contributed by atoms with Crippen molar-refractivity contribution in [2.45, 2.75) is 20.3 Å². The molecule has 2 N–H and O–H groups in total. The summed E-state index contributed by atoms with van der Waals surface area (Å²) in [5, 5.41) is 20.2. The van der Waals surface area contributed by atoms with Crippen LogP contribution in [0.1, 0.15) is 26.1 Å². The van der Waals surface area contributed by atoms with Crippen LogP contribution in [0, 0.1) is 23.2 Å². The van der Waals surface area contributed by atoms with Crippen molar-refractivity contribution in [3.05, 3.63) is 35.8 Å². The number of hydrogen-bond acceptors (Lipinski definition) is 3. The van der Waals surface area contributed by atoms with Crippen molar-refractivity contribution in [1.82, 2.24) is 9.55 Å². The molecule has 1 unspecified atom stereocenters. The lowest BCUT2D eigenvalue weighted by atomic mass is 9.92. The zero-order chi connectivity index (χ0) is 17.3. The van der Waals surface area contributed by atoms with Crippen LogP contribution in [0.4, 0.5) is 0 Å². The molecule has 1 aromatic heterocycles. The molecule has 2 heterocycles. The number of hydrogen-bond donors (Lipinski definition) is 2. The maximum atomic E-state index is 10.6. The maximum Gasteiger partial charge on any atom is 0.169 e. The van der Waals surface area contributed by atoms with Crippen molar-refractivity contribution in [2.24, 2.45) is 18.9 Å². The Labute approximate surface area is 142 Å². The molecule has 0 amide bonds. The molecule has 0 spiro atoms. The normalized spacial score (nSPS) is 25.3. The van der Waals surface area contributed by atoms with Crippen LogP contribution in [0.15, 0.2) is 30.0 Å². The predicted octanol–water partition coefficient (Wildman–Crippen LogP) is 1.93. The van der Waals surface area contributed by atoms with Gasteiger partial charge in [0.1, 0.15) is 18.2 Å². The molecule has 2 aromatic rings. The molecule has 3 atom stereocenters. The molecule has 0 radical (unpaired) electrons. The van der Waals surface area contributed by atoms with Crippen LogP contribution in [-0.2, 0) is 7.05 Å². The van der Waals surface area contributed by atoms with Crippen LogP contribution in [0.25, 0.3) is 16.6 Å². The van der Waals surface area contributed by atoms with Gasteiger partial charge in [0.05, 0.1) is 24.1 Å². The van der Waals surface area contributed by atoms with Gasteiger partial charge in [-0.15, -0.1) is 0 Å². The van der Waals surface area contributed by atoms with Crippen molar-refractivity contribution in [1.29, 1.82) is 5.26 Å². The number of aryl methyl sites for hydroxylation is 1. The van der Waals surface area contributed by atoms with Crippen molar-refractivity contribution in [3.8, 4) is 6.07 Å². The first-order valence-electron chi connectivity index (χ1n) is 8.57. The number of likely N-dealkylation sites (tertiary alicyclic amines) is 1. The Morgan fingerprint density at radius 2 is 2.00 bits per heavy atom. The van der Waals surface area contributed by atoms with Gasteiger partial charge in [-0.05, 0) is 18.6 Å². The fraction of sp³-hybridized carbons (Fsp3) is 0.474. The fourth-order valence-electron chi connectivity index (χ4n) is 4.00. The smallest absolute Gasteiger partial charge is 0.169 e. The van der Waals surface area contributed by atoms with Gasteiger partial charge in [-0.25, -0.2) is 4.98 Å². The molecule has 0 saturated carbocycles. The molecule has 3 rings (SSSR count). The van der Waals surface area contributed by atoms with E-state index in [-0.39, 0.29) is 11.3 Å². The number of quaternary nitrogens is 1. The number of rotatable bonds is 3. The lowest BCUT2D eigenvalue weighted by molar-refractivity contribution is -0.908. The van der Waals surface area contributed by atoms with Crippen LogP contribution in [-0.4, -0.2) is 34.3 Å². The number of nitrogens with one attached hydrogen (secondary N) is 1. The number of nitriles is 1. The van der Waals surface area contributed by atoms with Gasteiger partial charge in [0.2, 0.25) is 0 Å². The third-order valence-corrected chi connectivity index (χ3v) is 4.91. The topological polar surface area (TPSA) is 66.3 Å². The molecule has 0 bridgehead atoms. The van der Waals surface area contributed by atoms with Crippen LogP contribution in [0.2, 0.25) is 0 Å². The van der Waals surface area contributed by atoms with E-state index in [2.05, 4.69) is 24.9 Å². The van der Waals surface area contributed by atoms with E-state index >= 15 is 0 Å². The average Bonchev–Trinajstić information content (AvgIpc) is 2.84. The number of fused-ring (bicyclic) bond motifs is 1. The van der Waals surface area contributed by atoms with E-state index in [9.17, 15) is 10.4 Å². The highest BCUT2D eigenvalue weighted by molar-refractivity contribution is 5.83. The van der Waals surface area contributed by atoms with E-state index in [0.717, 1.165) is 24.1 Å². The second-order valence-corrected chi connectivity index (χ2v) is 7.20. The minimum Gasteiger partial charge on any atom is -0.506 e. The summed E-state index contributed by atoms with van der Waals surface area (Å²) in [5.74, 6) is 1.98. The van der Waals surface area contributed by atoms with Gasteiger partial charge in [-0.1, -0.05) is 26.0 Å². The lowest BCUT2D eigenvalue weighted by Crippen LogP contribution is -3.14.